The molecule has 0 spiro atoms. The minimum Gasteiger partial charge on any atom is -0.496 e. The maximum absolute atomic E-state index is 12.6. The number of methoxy groups -OCH3 is 1. The Kier molecular flexibility index (Phi) is 7.46. The van der Waals surface area contributed by atoms with Gasteiger partial charge in [-0.1, -0.05) is 12.1 Å². The van der Waals surface area contributed by atoms with Crippen LogP contribution in [0.3, 0.4) is 0 Å². The van der Waals surface area contributed by atoms with Crippen molar-refractivity contribution in [2.75, 3.05) is 20.2 Å². The number of aryl methyl sites for hydroxylation is 1. The Labute approximate surface area is 160 Å². The molecule has 2 rings (SSSR count). The number of halogens is 3. The van der Waals surface area contributed by atoms with Gasteiger partial charge < -0.3 is 15.4 Å². The van der Waals surface area contributed by atoms with Crippen LogP contribution in [0.4, 0.5) is 13.2 Å². The molecule has 0 unspecified atom stereocenters. The van der Waals surface area contributed by atoms with Gasteiger partial charge in [-0.05, 0) is 25.5 Å². The lowest BCUT2D eigenvalue weighted by Crippen LogP contribution is -2.38. The third-order valence-electron chi connectivity index (χ3n) is 3.67. The first-order chi connectivity index (χ1) is 12.8. The molecule has 2 aromatic rings. The van der Waals surface area contributed by atoms with Crippen LogP contribution in [0.1, 0.15) is 28.8 Å². The van der Waals surface area contributed by atoms with Gasteiger partial charge in [-0.25, -0.2) is 9.98 Å². The van der Waals surface area contributed by atoms with Crippen molar-refractivity contribution in [2.45, 2.75) is 33.0 Å². The average Bonchev–Trinajstić information content (AvgIpc) is 3.09. The first kappa shape index (κ1) is 21.0. The van der Waals surface area contributed by atoms with E-state index in [9.17, 15) is 13.2 Å². The number of hydrogen-bond donors (Lipinski definition) is 2. The highest BCUT2D eigenvalue weighted by Gasteiger charge is 2.33. The summed E-state index contributed by atoms with van der Waals surface area (Å²) in [6.07, 6.45) is -4.01. The largest absolute Gasteiger partial charge is 0.496 e. The van der Waals surface area contributed by atoms with E-state index in [1.165, 1.54) is 0 Å². The van der Waals surface area contributed by atoms with Gasteiger partial charge in [0.15, 0.2) is 11.7 Å². The third kappa shape index (κ3) is 6.42. The molecule has 0 bridgehead atoms. The van der Waals surface area contributed by atoms with Crippen molar-refractivity contribution in [3.63, 3.8) is 0 Å². The average molecular weight is 400 g/mol. The number of nitrogens with zero attached hydrogens (tertiary/aromatic N) is 2. The van der Waals surface area contributed by atoms with Crippen molar-refractivity contribution in [1.82, 2.24) is 15.6 Å². The quantitative estimate of drug-likeness (QED) is 0.549. The molecule has 0 amide bonds. The SMILES string of the molecule is CCNC(=NCc1ccc(C)cc1OC)NCCc1nc(C(F)(F)F)cs1. The van der Waals surface area contributed by atoms with Crippen molar-refractivity contribution in [3.8, 4) is 5.75 Å². The normalized spacial score (nSPS) is 12.1. The van der Waals surface area contributed by atoms with Crippen LogP contribution in [-0.4, -0.2) is 31.1 Å². The Morgan fingerprint density at radius 2 is 2.07 bits per heavy atom. The lowest BCUT2D eigenvalue weighted by Gasteiger charge is -2.12. The summed E-state index contributed by atoms with van der Waals surface area (Å²) in [5.41, 5.74) is 1.22. The van der Waals surface area contributed by atoms with E-state index in [1.54, 1.807) is 7.11 Å². The van der Waals surface area contributed by atoms with Crippen LogP contribution >= 0.6 is 11.3 Å². The molecular weight excluding hydrogens is 377 g/mol. The number of alkyl halides is 3. The molecule has 0 aliphatic carbocycles. The second kappa shape index (κ2) is 9.59. The fourth-order valence-electron chi connectivity index (χ4n) is 2.33. The Balaban J connectivity index is 1.95. The van der Waals surface area contributed by atoms with E-state index in [0.717, 1.165) is 33.6 Å². The first-order valence-electron chi connectivity index (χ1n) is 8.50. The Morgan fingerprint density at radius 3 is 2.70 bits per heavy atom. The molecule has 9 heteroatoms. The zero-order valence-electron chi connectivity index (χ0n) is 15.5. The van der Waals surface area contributed by atoms with E-state index in [-0.39, 0.29) is 0 Å². The van der Waals surface area contributed by atoms with Gasteiger partial charge in [0.2, 0.25) is 0 Å². The molecular formula is C18H23F3N4OS. The number of ether oxygens (including phenoxy) is 1. The van der Waals surface area contributed by atoms with Crippen molar-refractivity contribution >= 4 is 17.3 Å². The molecule has 2 N–H and O–H groups in total. The second-order valence-electron chi connectivity index (χ2n) is 5.81. The van der Waals surface area contributed by atoms with Crippen LogP contribution in [0.15, 0.2) is 28.6 Å². The van der Waals surface area contributed by atoms with Gasteiger partial charge in [-0.3, -0.25) is 0 Å². The topological polar surface area (TPSA) is 58.5 Å². The smallest absolute Gasteiger partial charge is 0.434 e. The monoisotopic (exact) mass is 400 g/mol. The van der Waals surface area contributed by atoms with Crippen LogP contribution in [0.2, 0.25) is 0 Å². The lowest BCUT2D eigenvalue weighted by atomic mass is 10.1. The number of aliphatic imine (C=N–C) groups is 1. The molecule has 1 heterocycles. The summed E-state index contributed by atoms with van der Waals surface area (Å²) in [5, 5.41) is 7.71. The standard InChI is InChI=1S/C18H23F3N4OS/c1-4-22-17(24-10-13-6-5-12(2)9-14(13)26-3)23-8-7-16-25-15(11-27-16)18(19,20)21/h5-6,9,11H,4,7-8,10H2,1-3H3,(H2,22,23,24). The zero-order chi connectivity index (χ0) is 19.9. The van der Waals surface area contributed by atoms with Gasteiger partial charge in [0.05, 0.1) is 18.7 Å². The second-order valence-corrected chi connectivity index (χ2v) is 6.75. The van der Waals surface area contributed by atoms with E-state index in [0.29, 0.717) is 37.0 Å². The van der Waals surface area contributed by atoms with Gasteiger partial charge in [0.25, 0.3) is 0 Å². The first-order valence-corrected chi connectivity index (χ1v) is 9.38. The van der Waals surface area contributed by atoms with Gasteiger partial charge >= 0.3 is 6.18 Å². The third-order valence-corrected chi connectivity index (χ3v) is 4.58. The maximum Gasteiger partial charge on any atom is 0.434 e. The summed E-state index contributed by atoms with van der Waals surface area (Å²) in [4.78, 5) is 8.14. The highest BCUT2D eigenvalue weighted by Crippen LogP contribution is 2.30. The van der Waals surface area contributed by atoms with Crippen molar-refractivity contribution < 1.29 is 17.9 Å². The van der Waals surface area contributed by atoms with E-state index >= 15 is 0 Å². The van der Waals surface area contributed by atoms with Crippen LogP contribution in [-0.2, 0) is 19.1 Å². The van der Waals surface area contributed by atoms with Crippen molar-refractivity contribution in [3.05, 3.63) is 45.4 Å². The fourth-order valence-corrected chi connectivity index (χ4v) is 3.14. The highest BCUT2D eigenvalue weighted by molar-refractivity contribution is 7.09. The maximum atomic E-state index is 12.6. The summed E-state index contributed by atoms with van der Waals surface area (Å²) >= 11 is 1.01. The van der Waals surface area contributed by atoms with Gasteiger partial charge in [0, 0.05) is 30.5 Å². The number of thiazole rings is 1. The fraction of sp³-hybridized carbons (Fsp3) is 0.444. The number of benzene rings is 1. The van der Waals surface area contributed by atoms with Gasteiger partial charge in [-0.15, -0.1) is 11.3 Å². The predicted molar refractivity (Wildman–Crippen MR) is 101 cm³/mol. The molecule has 0 aliphatic rings. The molecule has 5 nitrogen and oxygen atoms in total. The molecule has 0 radical (unpaired) electrons. The van der Waals surface area contributed by atoms with Crippen LogP contribution in [0.25, 0.3) is 0 Å². The molecule has 1 aromatic heterocycles. The number of nitrogens with one attached hydrogen (secondary N) is 2. The zero-order valence-corrected chi connectivity index (χ0v) is 16.3. The molecule has 0 saturated carbocycles. The summed E-state index contributed by atoms with van der Waals surface area (Å²) in [5.74, 6) is 1.37. The van der Waals surface area contributed by atoms with Crippen molar-refractivity contribution in [1.29, 1.82) is 0 Å². The molecule has 0 atom stereocenters. The molecule has 148 valence electrons. The Bertz CT molecular complexity index is 774. The van der Waals surface area contributed by atoms with Crippen molar-refractivity contribution in [2.24, 2.45) is 4.99 Å². The molecule has 0 aliphatic heterocycles. The summed E-state index contributed by atoms with van der Waals surface area (Å²) < 4.78 is 43.1. The van der Waals surface area contributed by atoms with E-state index in [1.807, 2.05) is 32.0 Å². The number of aromatic nitrogens is 1. The minimum atomic E-state index is -4.40. The summed E-state index contributed by atoms with van der Waals surface area (Å²) in [6, 6.07) is 5.91. The lowest BCUT2D eigenvalue weighted by molar-refractivity contribution is -0.140. The van der Waals surface area contributed by atoms with Gasteiger partial charge in [-0.2, -0.15) is 13.2 Å². The Morgan fingerprint density at radius 1 is 1.30 bits per heavy atom. The molecule has 27 heavy (non-hydrogen) atoms. The number of hydrogen-bond acceptors (Lipinski definition) is 4. The number of guanidine groups is 1. The summed E-state index contributed by atoms with van der Waals surface area (Å²) in [6.45, 7) is 5.46. The van der Waals surface area contributed by atoms with E-state index in [2.05, 4.69) is 20.6 Å². The predicted octanol–water partition coefficient (Wildman–Crippen LogP) is 3.78. The highest BCUT2D eigenvalue weighted by atomic mass is 32.1. The van der Waals surface area contributed by atoms with Gasteiger partial charge in [0.1, 0.15) is 5.75 Å². The molecule has 0 saturated heterocycles. The summed E-state index contributed by atoms with van der Waals surface area (Å²) in [7, 11) is 1.62. The molecule has 0 fully saturated rings. The van der Waals surface area contributed by atoms with Crippen LogP contribution in [0, 0.1) is 6.92 Å². The Hall–Kier alpha value is -2.29. The molecule has 1 aromatic carbocycles. The van der Waals surface area contributed by atoms with E-state index in [4.69, 9.17) is 4.74 Å². The number of rotatable bonds is 7. The van der Waals surface area contributed by atoms with E-state index < -0.39 is 11.9 Å². The minimum absolute atomic E-state index is 0.388. The van der Waals surface area contributed by atoms with Crippen LogP contribution in [0.5, 0.6) is 5.75 Å². The van der Waals surface area contributed by atoms with Crippen LogP contribution < -0.4 is 15.4 Å².